The molecule has 260 valence electrons. The van der Waals surface area contributed by atoms with E-state index in [2.05, 4.69) is 99.3 Å². The smallest absolute Gasteiger partial charge is 0.333 e. The third kappa shape index (κ3) is 6.76. The van der Waals surface area contributed by atoms with E-state index in [0.29, 0.717) is 18.4 Å². The SMILES string of the molecule is CCN(/C(C)=C/C=C1\CCCC(/C=C/C(C)=Nc2ccc3ccccc3c2C)=C1c1c(O)n(C)c(=O)n(C)c1=O)c1ccc2ccccc2c1C. The van der Waals surface area contributed by atoms with E-state index in [9.17, 15) is 14.7 Å². The molecule has 0 spiro atoms. The molecule has 0 fully saturated rings. The maximum Gasteiger partial charge on any atom is 0.333 e. The molecular weight excluding hydrogens is 633 g/mol. The van der Waals surface area contributed by atoms with Gasteiger partial charge in [-0.2, -0.15) is 0 Å². The Kier molecular flexibility index (Phi) is 10.1. The Bertz CT molecular complexity index is 2450. The maximum absolute atomic E-state index is 13.8. The van der Waals surface area contributed by atoms with Crippen LogP contribution in [0, 0.1) is 13.8 Å². The van der Waals surface area contributed by atoms with Gasteiger partial charge in [-0.15, -0.1) is 0 Å². The first kappa shape index (κ1) is 35.1. The predicted molar refractivity (Wildman–Crippen MR) is 213 cm³/mol. The molecule has 0 amide bonds. The summed E-state index contributed by atoms with van der Waals surface area (Å²) in [6.07, 6.45) is 10.4. The van der Waals surface area contributed by atoms with Crippen LogP contribution < -0.4 is 16.1 Å². The number of rotatable bonds is 8. The minimum atomic E-state index is -0.575. The lowest BCUT2D eigenvalue weighted by atomic mass is 9.83. The lowest BCUT2D eigenvalue weighted by Crippen LogP contribution is -2.38. The highest BCUT2D eigenvalue weighted by Gasteiger charge is 2.26. The van der Waals surface area contributed by atoms with Gasteiger partial charge in [0, 0.05) is 37.7 Å². The zero-order chi connectivity index (χ0) is 36.4. The fraction of sp³-hybridized carbons (Fsp3) is 0.250. The van der Waals surface area contributed by atoms with Gasteiger partial charge in [-0.3, -0.25) is 18.9 Å². The van der Waals surface area contributed by atoms with Crippen molar-refractivity contribution in [2.24, 2.45) is 19.1 Å². The van der Waals surface area contributed by atoms with Gasteiger partial charge in [-0.25, -0.2) is 4.79 Å². The number of anilines is 1. The molecule has 4 aromatic carbocycles. The van der Waals surface area contributed by atoms with Gasteiger partial charge in [-0.05, 0) is 128 Å². The van der Waals surface area contributed by atoms with E-state index in [1.54, 1.807) is 0 Å². The summed E-state index contributed by atoms with van der Waals surface area (Å²) >= 11 is 0. The lowest BCUT2D eigenvalue weighted by molar-refractivity contribution is 0.409. The van der Waals surface area contributed by atoms with Crippen LogP contribution in [0.15, 0.2) is 129 Å². The van der Waals surface area contributed by atoms with Crippen molar-refractivity contribution in [3.8, 4) is 5.88 Å². The molecule has 0 bridgehead atoms. The standard InChI is InChI=1S/C44H46N4O3/c1-8-48(39-27-25-33-15-10-12-19-37(33)31(39)5)29(3)21-23-35-17-13-16-34(40(35)41-42(49)46(6)44(51)47(7)43(41)50)22-20-28(2)45-38-26-24-32-14-9-11-18-36(32)30(38)4/h9-12,14-15,18-27,49H,8,13,16-17H2,1-7H3/b22-20+,29-21+,35-23+,45-28?. The molecule has 0 unspecified atom stereocenters. The summed E-state index contributed by atoms with van der Waals surface area (Å²) in [5.41, 5.74) is 7.78. The van der Waals surface area contributed by atoms with Crippen LogP contribution in [0.4, 0.5) is 11.4 Å². The minimum absolute atomic E-state index is 0.133. The Balaban J connectivity index is 1.46. The highest BCUT2D eigenvalue weighted by molar-refractivity contribution is 5.98. The number of nitrogens with zero attached hydrogens (tertiary/aromatic N) is 4. The molecule has 1 aliphatic rings. The van der Waals surface area contributed by atoms with Crippen LogP contribution in [0.25, 0.3) is 27.1 Å². The fourth-order valence-electron chi connectivity index (χ4n) is 7.25. The van der Waals surface area contributed by atoms with Crippen molar-refractivity contribution in [1.82, 2.24) is 9.13 Å². The Morgan fingerprint density at radius 2 is 1.51 bits per heavy atom. The van der Waals surface area contributed by atoms with Gasteiger partial charge in [0.05, 0.1) is 5.69 Å². The van der Waals surface area contributed by atoms with Crippen molar-refractivity contribution in [2.75, 3.05) is 11.4 Å². The number of hydrogen-bond acceptors (Lipinski definition) is 5. The summed E-state index contributed by atoms with van der Waals surface area (Å²) in [5, 5.41) is 16.1. The van der Waals surface area contributed by atoms with Crippen LogP contribution in [0.5, 0.6) is 5.88 Å². The van der Waals surface area contributed by atoms with E-state index in [1.165, 1.54) is 41.2 Å². The molecule has 1 aliphatic carbocycles. The van der Waals surface area contributed by atoms with Crippen molar-refractivity contribution in [3.63, 3.8) is 0 Å². The number of aryl methyl sites for hydroxylation is 2. The zero-order valence-electron chi connectivity index (χ0n) is 30.6. The van der Waals surface area contributed by atoms with E-state index in [-0.39, 0.29) is 11.4 Å². The third-order valence-corrected chi connectivity index (χ3v) is 10.1. The van der Waals surface area contributed by atoms with Crippen LogP contribution in [-0.4, -0.2) is 26.5 Å². The molecule has 6 rings (SSSR count). The van der Waals surface area contributed by atoms with Crippen molar-refractivity contribution < 1.29 is 5.11 Å². The van der Waals surface area contributed by atoms with Crippen LogP contribution >= 0.6 is 0 Å². The van der Waals surface area contributed by atoms with Gasteiger partial charge in [0.2, 0.25) is 5.88 Å². The Hall–Kier alpha value is -5.69. The summed E-state index contributed by atoms with van der Waals surface area (Å²) in [4.78, 5) is 33.8. The topological polar surface area (TPSA) is 79.8 Å². The highest BCUT2D eigenvalue weighted by atomic mass is 16.3. The molecule has 1 N–H and O–H groups in total. The first-order valence-electron chi connectivity index (χ1n) is 17.6. The second-order valence-electron chi connectivity index (χ2n) is 13.4. The largest absolute Gasteiger partial charge is 0.494 e. The maximum atomic E-state index is 13.8. The number of aliphatic imine (C=N–C) groups is 1. The van der Waals surface area contributed by atoms with Crippen molar-refractivity contribution in [3.05, 3.63) is 151 Å². The van der Waals surface area contributed by atoms with E-state index in [4.69, 9.17) is 4.99 Å². The van der Waals surface area contributed by atoms with Gasteiger partial charge in [0.15, 0.2) is 0 Å². The molecule has 0 atom stereocenters. The summed E-state index contributed by atoms with van der Waals surface area (Å²) in [6.45, 7) is 11.2. The summed E-state index contributed by atoms with van der Waals surface area (Å²) < 4.78 is 2.20. The van der Waals surface area contributed by atoms with E-state index >= 15 is 0 Å². The molecule has 0 radical (unpaired) electrons. The van der Waals surface area contributed by atoms with Crippen molar-refractivity contribution in [2.45, 2.75) is 53.9 Å². The predicted octanol–water partition coefficient (Wildman–Crippen LogP) is 9.36. The molecular formula is C44H46N4O3. The monoisotopic (exact) mass is 678 g/mol. The third-order valence-electron chi connectivity index (χ3n) is 10.1. The number of aromatic nitrogens is 2. The number of benzene rings is 4. The molecule has 1 heterocycles. The fourth-order valence-corrected chi connectivity index (χ4v) is 7.25. The lowest BCUT2D eigenvalue weighted by Gasteiger charge is -2.27. The highest BCUT2D eigenvalue weighted by Crippen LogP contribution is 2.39. The Labute approximate surface area is 299 Å². The first-order valence-corrected chi connectivity index (χ1v) is 17.6. The van der Waals surface area contributed by atoms with Crippen molar-refractivity contribution in [1.29, 1.82) is 0 Å². The summed E-state index contributed by atoms with van der Waals surface area (Å²) in [6, 6.07) is 25.2. The molecule has 7 heteroatoms. The second-order valence-corrected chi connectivity index (χ2v) is 13.4. The van der Waals surface area contributed by atoms with Crippen LogP contribution in [0.3, 0.4) is 0 Å². The van der Waals surface area contributed by atoms with Gasteiger partial charge >= 0.3 is 5.69 Å². The van der Waals surface area contributed by atoms with E-state index in [0.717, 1.165) is 61.6 Å². The molecule has 51 heavy (non-hydrogen) atoms. The van der Waals surface area contributed by atoms with Gasteiger partial charge < -0.3 is 10.0 Å². The number of allylic oxidation sites excluding steroid dienone is 8. The molecule has 0 saturated heterocycles. The number of fused-ring (bicyclic) bond motifs is 2. The molecule has 7 nitrogen and oxygen atoms in total. The minimum Gasteiger partial charge on any atom is -0.494 e. The first-order chi connectivity index (χ1) is 24.5. The van der Waals surface area contributed by atoms with Gasteiger partial charge in [0.1, 0.15) is 5.56 Å². The summed E-state index contributed by atoms with van der Waals surface area (Å²) in [7, 11) is 2.94. The Morgan fingerprint density at radius 1 is 0.863 bits per heavy atom. The quantitative estimate of drug-likeness (QED) is 0.166. The molecule has 5 aromatic rings. The average molecular weight is 679 g/mol. The molecule has 0 saturated carbocycles. The summed E-state index contributed by atoms with van der Waals surface area (Å²) in [5.74, 6) is -0.336. The van der Waals surface area contributed by atoms with Crippen molar-refractivity contribution >= 4 is 44.2 Å². The number of aromatic hydroxyl groups is 1. The second kappa shape index (κ2) is 14.7. The van der Waals surface area contributed by atoms with Crippen LogP contribution in [0.2, 0.25) is 0 Å². The number of hydrogen-bond donors (Lipinski definition) is 1. The van der Waals surface area contributed by atoms with Gasteiger partial charge in [0.25, 0.3) is 5.56 Å². The zero-order valence-corrected chi connectivity index (χ0v) is 30.6. The Morgan fingerprint density at radius 3 is 2.20 bits per heavy atom. The van der Waals surface area contributed by atoms with E-state index < -0.39 is 11.2 Å². The normalized spacial score (nSPS) is 15.2. The van der Waals surface area contributed by atoms with Gasteiger partial charge in [-0.1, -0.05) is 72.8 Å². The van der Waals surface area contributed by atoms with Crippen LogP contribution in [0.1, 0.15) is 56.7 Å². The van der Waals surface area contributed by atoms with Crippen LogP contribution in [-0.2, 0) is 14.1 Å². The average Bonchev–Trinajstić information content (AvgIpc) is 3.14. The molecule has 0 aliphatic heterocycles. The van der Waals surface area contributed by atoms with E-state index in [1.807, 2.05) is 37.3 Å². The molecule has 1 aromatic heterocycles.